The van der Waals surface area contributed by atoms with Crippen LogP contribution >= 0.6 is 0 Å². The van der Waals surface area contributed by atoms with Gasteiger partial charge in [0.1, 0.15) is 0 Å². The van der Waals surface area contributed by atoms with E-state index in [0.717, 1.165) is 44.6 Å². The first-order valence-electron chi connectivity index (χ1n) is 6.57. The first kappa shape index (κ1) is 13.1. The van der Waals surface area contributed by atoms with Gasteiger partial charge in [-0.15, -0.1) is 0 Å². The first-order valence-corrected chi connectivity index (χ1v) is 6.57. The molecule has 0 spiro atoms. The molecule has 2 heterocycles. The van der Waals surface area contributed by atoms with Crippen LogP contribution in [0.2, 0.25) is 0 Å². The number of aromatic nitrogens is 2. The summed E-state index contributed by atoms with van der Waals surface area (Å²) in [5.41, 5.74) is 2.33. The summed E-state index contributed by atoms with van der Waals surface area (Å²) in [5, 5.41) is 13.4. The third-order valence-corrected chi connectivity index (χ3v) is 3.71. The number of carbonyl (C=O) groups is 1. The van der Waals surface area contributed by atoms with Crippen molar-refractivity contribution in [1.29, 1.82) is 0 Å². The van der Waals surface area contributed by atoms with Gasteiger partial charge >= 0.3 is 5.97 Å². The summed E-state index contributed by atoms with van der Waals surface area (Å²) < 4.78 is 1.93. The van der Waals surface area contributed by atoms with Gasteiger partial charge in [0.15, 0.2) is 0 Å². The fraction of sp³-hybridized carbons (Fsp3) is 0.692. The van der Waals surface area contributed by atoms with Gasteiger partial charge < -0.3 is 5.11 Å². The summed E-state index contributed by atoms with van der Waals surface area (Å²) >= 11 is 0. The van der Waals surface area contributed by atoms with Crippen molar-refractivity contribution in [2.45, 2.75) is 32.7 Å². The van der Waals surface area contributed by atoms with Gasteiger partial charge in [-0.05, 0) is 38.4 Å². The zero-order valence-corrected chi connectivity index (χ0v) is 11.1. The van der Waals surface area contributed by atoms with E-state index >= 15 is 0 Å². The standard InChI is InChI=1S/C13H21N3O2/c1-3-11-8-12(15(2)14-11)9-16-6-4-10(5-7-16)13(17)18/h8,10H,3-7,9H2,1-2H3,(H,17,18). The largest absolute Gasteiger partial charge is 0.481 e. The highest BCUT2D eigenvalue weighted by Crippen LogP contribution is 2.19. The molecule has 1 saturated heterocycles. The number of piperidine rings is 1. The van der Waals surface area contributed by atoms with Gasteiger partial charge in [0, 0.05) is 13.6 Å². The average Bonchev–Trinajstić information content (AvgIpc) is 2.71. The Bertz CT molecular complexity index is 420. The number of rotatable bonds is 4. The van der Waals surface area contributed by atoms with Crippen LogP contribution in [0, 0.1) is 5.92 Å². The monoisotopic (exact) mass is 251 g/mol. The highest BCUT2D eigenvalue weighted by Gasteiger charge is 2.24. The molecule has 0 bridgehead atoms. The fourth-order valence-electron chi connectivity index (χ4n) is 2.46. The Labute approximate surface area is 107 Å². The number of hydrogen-bond acceptors (Lipinski definition) is 3. The van der Waals surface area contributed by atoms with E-state index in [1.54, 1.807) is 0 Å². The van der Waals surface area contributed by atoms with Gasteiger partial charge in [0.05, 0.1) is 17.3 Å². The molecule has 1 aromatic rings. The highest BCUT2D eigenvalue weighted by atomic mass is 16.4. The molecule has 100 valence electrons. The van der Waals surface area contributed by atoms with Gasteiger partial charge in [0.25, 0.3) is 0 Å². The molecule has 0 radical (unpaired) electrons. The van der Waals surface area contributed by atoms with Gasteiger partial charge in [-0.2, -0.15) is 5.10 Å². The highest BCUT2D eigenvalue weighted by molar-refractivity contribution is 5.70. The Balaban J connectivity index is 1.91. The van der Waals surface area contributed by atoms with E-state index < -0.39 is 5.97 Å². The summed E-state index contributed by atoms with van der Waals surface area (Å²) in [4.78, 5) is 13.2. The SMILES string of the molecule is CCc1cc(CN2CCC(C(=O)O)CC2)n(C)n1. The van der Waals surface area contributed by atoms with Crippen LogP contribution < -0.4 is 0 Å². The van der Waals surface area contributed by atoms with Crippen molar-refractivity contribution in [2.75, 3.05) is 13.1 Å². The van der Waals surface area contributed by atoms with E-state index in [-0.39, 0.29) is 5.92 Å². The van der Waals surface area contributed by atoms with E-state index in [2.05, 4.69) is 23.0 Å². The Morgan fingerprint density at radius 2 is 2.17 bits per heavy atom. The summed E-state index contributed by atoms with van der Waals surface area (Å²) in [6, 6.07) is 2.14. The Hall–Kier alpha value is -1.36. The molecule has 1 aliphatic heterocycles. The maximum Gasteiger partial charge on any atom is 0.306 e. The molecule has 0 amide bonds. The van der Waals surface area contributed by atoms with Crippen molar-refractivity contribution in [1.82, 2.24) is 14.7 Å². The quantitative estimate of drug-likeness (QED) is 0.875. The molecule has 5 nitrogen and oxygen atoms in total. The molecule has 0 unspecified atom stereocenters. The smallest absolute Gasteiger partial charge is 0.306 e. The number of aliphatic carboxylic acids is 1. The van der Waals surface area contributed by atoms with Crippen LogP contribution in [-0.2, 0) is 24.8 Å². The lowest BCUT2D eigenvalue weighted by Gasteiger charge is -2.29. The zero-order chi connectivity index (χ0) is 13.1. The molecule has 1 fully saturated rings. The molecule has 0 atom stereocenters. The maximum absolute atomic E-state index is 10.9. The molecule has 0 aliphatic carbocycles. The van der Waals surface area contributed by atoms with Crippen LogP contribution in [0.15, 0.2) is 6.07 Å². The third kappa shape index (κ3) is 2.90. The summed E-state index contributed by atoms with van der Waals surface area (Å²) in [7, 11) is 1.97. The lowest BCUT2D eigenvalue weighted by molar-refractivity contribution is -0.143. The molecular weight excluding hydrogens is 230 g/mol. The number of likely N-dealkylation sites (tertiary alicyclic amines) is 1. The summed E-state index contributed by atoms with van der Waals surface area (Å²) in [6.45, 7) is 4.70. The van der Waals surface area contributed by atoms with Crippen molar-refractivity contribution >= 4 is 5.97 Å². The Morgan fingerprint density at radius 3 is 2.67 bits per heavy atom. The lowest BCUT2D eigenvalue weighted by Crippen LogP contribution is -2.36. The second-order valence-electron chi connectivity index (χ2n) is 4.99. The van der Waals surface area contributed by atoms with Crippen molar-refractivity contribution in [3.63, 3.8) is 0 Å². The average molecular weight is 251 g/mol. The predicted molar refractivity (Wildman–Crippen MR) is 68.2 cm³/mol. The fourth-order valence-corrected chi connectivity index (χ4v) is 2.46. The number of nitrogens with zero attached hydrogens (tertiary/aromatic N) is 3. The van der Waals surface area contributed by atoms with E-state index in [1.165, 1.54) is 5.69 Å². The molecule has 2 rings (SSSR count). The zero-order valence-electron chi connectivity index (χ0n) is 11.1. The minimum atomic E-state index is -0.650. The van der Waals surface area contributed by atoms with E-state index in [1.807, 2.05) is 11.7 Å². The van der Waals surface area contributed by atoms with E-state index in [0.29, 0.717) is 0 Å². The van der Waals surface area contributed by atoms with Gasteiger partial charge in [0.2, 0.25) is 0 Å². The van der Waals surface area contributed by atoms with Crippen molar-refractivity contribution in [3.05, 3.63) is 17.5 Å². The molecule has 1 aliphatic rings. The van der Waals surface area contributed by atoms with Gasteiger partial charge in [-0.1, -0.05) is 6.92 Å². The molecule has 0 saturated carbocycles. The van der Waals surface area contributed by atoms with Crippen molar-refractivity contribution in [2.24, 2.45) is 13.0 Å². The van der Waals surface area contributed by atoms with Gasteiger partial charge in [-0.3, -0.25) is 14.4 Å². The minimum Gasteiger partial charge on any atom is -0.481 e. The molecule has 18 heavy (non-hydrogen) atoms. The second kappa shape index (κ2) is 5.52. The topological polar surface area (TPSA) is 58.4 Å². The van der Waals surface area contributed by atoms with Crippen LogP contribution in [0.4, 0.5) is 0 Å². The molecule has 5 heteroatoms. The number of carboxylic acids is 1. The van der Waals surface area contributed by atoms with Crippen LogP contribution in [0.1, 0.15) is 31.2 Å². The van der Waals surface area contributed by atoms with Crippen LogP contribution in [0.5, 0.6) is 0 Å². The minimum absolute atomic E-state index is 0.154. The summed E-state index contributed by atoms with van der Waals surface area (Å²) in [5.74, 6) is -0.803. The van der Waals surface area contributed by atoms with Gasteiger partial charge in [-0.25, -0.2) is 0 Å². The predicted octanol–water partition coefficient (Wildman–Crippen LogP) is 1.28. The summed E-state index contributed by atoms with van der Waals surface area (Å²) in [6.07, 6.45) is 2.47. The molecule has 0 aromatic carbocycles. The van der Waals surface area contributed by atoms with Crippen LogP contribution in [-0.4, -0.2) is 38.8 Å². The van der Waals surface area contributed by atoms with Crippen LogP contribution in [0.25, 0.3) is 0 Å². The van der Waals surface area contributed by atoms with Crippen molar-refractivity contribution in [3.8, 4) is 0 Å². The van der Waals surface area contributed by atoms with E-state index in [4.69, 9.17) is 5.11 Å². The van der Waals surface area contributed by atoms with Crippen LogP contribution in [0.3, 0.4) is 0 Å². The first-order chi connectivity index (χ1) is 8.60. The third-order valence-electron chi connectivity index (χ3n) is 3.71. The number of aryl methyl sites for hydroxylation is 2. The lowest BCUT2D eigenvalue weighted by atomic mass is 9.97. The molecule has 1 N–H and O–H groups in total. The normalized spacial score (nSPS) is 18.1. The second-order valence-corrected chi connectivity index (χ2v) is 4.99. The maximum atomic E-state index is 10.9. The Morgan fingerprint density at radius 1 is 1.50 bits per heavy atom. The number of hydrogen-bond donors (Lipinski definition) is 1. The Kier molecular flexibility index (Phi) is 4.01. The number of carboxylic acid groups (broad SMARTS) is 1. The molecular formula is C13H21N3O2. The molecule has 1 aromatic heterocycles. The van der Waals surface area contributed by atoms with Crippen molar-refractivity contribution < 1.29 is 9.90 Å². The van der Waals surface area contributed by atoms with E-state index in [9.17, 15) is 4.79 Å².